The first kappa shape index (κ1) is 13.3. The van der Waals surface area contributed by atoms with E-state index in [9.17, 15) is 0 Å². The number of nitrogens with two attached hydrogens (primary N) is 1. The lowest BCUT2D eigenvalue weighted by Gasteiger charge is -2.14. The van der Waals surface area contributed by atoms with Gasteiger partial charge in [0.15, 0.2) is 0 Å². The van der Waals surface area contributed by atoms with Crippen LogP contribution in [0, 0.1) is 6.92 Å². The van der Waals surface area contributed by atoms with Crippen molar-refractivity contribution in [2.75, 3.05) is 7.11 Å². The van der Waals surface area contributed by atoms with Crippen molar-refractivity contribution in [3.05, 3.63) is 44.9 Å². The SMILES string of the molecule is COc1cc(Cl)ccc1C(N)Cc1nc(C)cs1. The molecule has 2 rings (SSSR count). The van der Waals surface area contributed by atoms with Crippen LogP contribution in [0.15, 0.2) is 23.6 Å². The van der Waals surface area contributed by atoms with E-state index in [1.54, 1.807) is 24.5 Å². The van der Waals surface area contributed by atoms with E-state index in [2.05, 4.69) is 4.98 Å². The molecule has 0 saturated heterocycles. The Kier molecular flexibility index (Phi) is 4.22. The van der Waals surface area contributed by atoms with Crippen LogP contribution < -0.4 is 10.5 Å². The Bertz CT molecular complexity index is 542. The monoisotopic (exact) mass is 282 g/mol. The number of benzene rings is 1. The number of thiazole rings is 1. The van der Waals surface area contributed by atoms with Crippen LogP contribution in [-0.4, -0.2) is 12.1 Å². The molecule has 0 bridgehead atoms. The van der Waals surface area contributed by atoms with Crippen molar-refractivity contribution in [1.82, 2.24) is 4.98 Å². The van der Waals surface area contributed by atoms with Crippen LogP contribution in [0.3, 0.4) is 0 Å². The molecule has 2 aromatic rings. The molecule has 18 heavy (non-hydrogen) atoms. The Morgan fingerprint density at radius 2 is 2.28 bits per heavy atom. The van der Waals surface area contributed by atoms with Crippen molar-refractivity contribution >= 4 is 22.9 Å². The average Bonchev–Trinajstić information content (AvgIpc) is 2.74. The lowest BCUT2D eigenvalue weighted by Crippen LogP contribution is -2.14. The second kappa shape index (κ2) is 5.69. The van der Waals surface area contributed by atoms with Crippen LogP contribution in [0.1, 0.15) is 22.3 Å². The first-order chi connectivity index (χ1) is 8.60. The Hall–Kier alpha value is -1.10. The summed E-state index contributed by atoms with van der Waals surface area (Å²) < 4.78 is 5.31. The zero-order valence-corrected chi connectivity index (χ0v) is 11.9. The normalized spacial score (nSPS) is 12.4. The molecule has 0 radical (unpaired) electrons. The van der Waals surface area contributed by atoms with Gasteiger partial charge in [0.1, 0.15) is 5.75 Å². The third-order valence-electron chi connectivity index (χ3n) is 2.66. The number of rotatable bonds is 4. The van der Waals surface area contributed by atoms with Crippen molar-refractivity contribution in [1.29, 1.82) is 0 Å². The van der Waals surface area contributed by atoms with Crippen LogP contribution in [0.2, 0.25) is 5.02 Å². The Labute approximate surface area is 116 Å². The van der Waals surface area contributed by atoms with E-state index in [0.29, 0.717) is 11.4 Å². The van der Waals surface area contributed by atoms with Gasteiger partial charge >= 0.3 is 0 Å². The van der Waals surface area contributed by atoms with Crippen LogP contribution in [0.4, 0.5) is 0 Å². The van der Waals surface area contributed by atoms with Crippen molar-refractivity contribution in [2.24, 2.45) is 5.73 Å². The highest BCUT2D eigenvalue weighted by molar-refractivity contribution is 7.09. The van der Waals surface area contributed by atoms with Gasteiger partial charge < -0.3 is 10.5 Å². The molecule has 0 aliphatic carbocycles. The number of halogens is 1. The third-order valence-corrected chi connectivity index (χ3v) is 3.88. The molecule has 5 heteroatoms. The summed E-state index contributed by atoms with van der Waals surface area (Å²) in [5, 5.41) is 3.71. The fourth-order valence-corrected chi connectivity index (χ4v) is 2.78. The molecule has 0 spiro atoms. The van der Waals surface area contributed by atoms with Crippen LogP contribution in [0.25, 0.3) is 0 Å². The molecular formula is C13H15ClN2OS. The molecular weight excluding hydrogens is 268 g/mol. The standard InChI is InChI=1S/C13H15ClN2OS/c1-8-7-18-13(16-8)6-11(15)10-4-3-9(14)5-12(10)17-2/h3-5,7,11H,6,15H2,1-2H3. The second-order valence-corrected chi connectivity index (χ2v) is 5.46. The van der Waals surface area contributed by atoms with Crippen molar-refractivity contribution in [3.8, 4) is 5.75 Å². The van der Waals surface area contributed by atoms with E-state index < -0.39 is 0 Å². The molecule has 1 heterocycles. The number of aryl methyl sites for hydroxylation is 1. The number of hydrogen-bond donors (Lipinski definition) is 1. The topological polar surface area (TPSA) is 48.1 Å². The summed E-state index contributed by atoms with van der Waals surface area (Å²) in [4.78, 5) is 4.42. The molecule has 3 nitrogen and oxygen atoms in total. The molecule has 96 valence electrons. The first-order valence-corrected chi connectivity index (χ1v) is 6.86. The Morgan fingerprint density at radius 1 is 1.50 bits per heavy atom. The van der Waals surface area contributed by atoms with E-state index in [-0.39, 0.29) is 6.04 Å². The highest BCUT2D eigenvalue weighted by Crippen LogP contribution is 2.29. The van der Waals surface area contributed by atoms with Gasteiger partial charge in [-0.1, -0.05) is 17.7 Å². The molecule has 1 aromatic heterocycles. The van der Waals surface area contributed by atoms with Gasteiger partial charge in [-0.2, -0.15) is 0 Å². The smallest absolute Gasteiger partial charge is 0.125 e. The van der Waals surface area contributed by atoms with Crippen LogP contribution in [-0.2, 0) is 6.42 Å². The van der Waals surface area contributed by atoms with Crippen LogP contribution in [0.5, 0.6) is 5.75 Å². The molecule has 1 aromatic carbocycles. The number of nitrogens with zero attached hydrogens (tertiary/aromatic N) is 1. The maximum Gasteiger partial charge on any atom is 0.125 e. The van der Waals surface area contributed by atoms with Crippen molar-refractivity contribution in [3.63, 3.8) is 0 Å². The van der Waals surface area contributed by atoms with Crippen molar-refractivity contribution in [2.45, 2.75) is 19.4 Å². The third kappa shape index (κ3) is 3.02. The summed E-state index contributed by atoms with van der Waals surface area (Å²) in [5.41, 5.74) is 8.19. The predicted molar refractivity (Wildman–Crippen MR) is 75.5 cm³/mol. The summed E-state index contributed by atoms with van der Waals surface area (Å²) >= 11 is 7.56. The Balaban J connectivity index is 2.20. The van der Waals surface area contributed by atoms with Crippen molar-refractivity contribution < 1.29 is 4.74 Å². The van der Waals surface area contributed by atoms with E-state index in [0.717, 1.165) is 22.0 Å². The van der Waals surface area contributed by atoms with Gasteiger partial charge in [0.25, 0.3) is 0 Å². The summed E-state index contributed by atoms with van der Waals surface area (Å²) in [7, 11) is 1.62. The molecule has 1 unspecified atom stereocenters. The van der Waals surface area contributed by atoms with Crippen LogP contribution >= 0.6 is 22.9 Å². The minimum atomic E-state index is -0.136. The first-order valence-electron chi connectivity index (χ1n) is 5.60. The van der Waals surface area contributed by atoms with E-state index in [1.807, 2.05) is 24.4 Å². The minimum absolute atomic E-state index is 0.136. The largest absolute Gasteiger partial charge is 0.496 e. The summed E-state index contributed by atoms with van der Waals surface area (Å²) in [6.07, 6.45) is 0.705. The summed E-state index contributed by atoms with van der Waals surface area (Å²) in [6, 6.07) is 5.38. The summed E-state index contributed by atoms with van der Waals surface area (Å²) in [6.45, 7) is 1.98. The molecule has 0 amide bonds. The van der Waals surface area contributed by atoms with Gasteiger partial charge in [-0.3, -0.25) is 0 Å². The predicted octanol–water partition coefficient (Wildman–Crippen LogP) is 3.36. The number of hydrogen-bond acceptors (Lipinski definition) is 4. The van der Waals surface area contributed by atoms with E-state index >= 15 is 0 Å². The zero-order chi connectivity index (χ0) is 13.1. The maximum atomic E-state index is 6.21. The Morgan fingerprint density at radius 3 is 2.89 bits per heavy atom. The molecule has 1 atom stereocenters. The highest BCUT2D eigenvalue weighted by Gasteiger charge is 2.14. The zero-order valence-electron chi connectivity index (χ0n) is 10.3. The quantitative estimate of drug-likeness (QED) is 0.935. The molecule has 0 aliphatic heterocycles. The molecule has 2 N–H and O–H groups in total. The van der Waals surface area contributed by atoms with Gasteiger partial charge in [0.2, 0.25) is 0 Å². The molecule has 0 saturated carbocycles. The number of methoxy groups -OCH3 is 1. The van der Waals surface area contributed by atoms with Gasteiger partial charge in [0, 0.05) is 34.1 Å². The summed E-state index contributed by atoms with van der Waals surface area (Å²) in [5.74, 6) is 0.725. The van der Waals surface area contributed by atoms with Gasteiger partial charge in [-0.15, -0.1) is 11.3 Å². The fraction of sp³-hybridized carbons (Fsp3) is 0.308. The molecule has 0 aliphatic rings. The molecule has 0 fully saturated rings. The maximum absolute atomic E-state index is 6.21. The second-order valence-electron chi connectivity index (χ2n) is 4.08. The van der Waals surface area contributed by atoms with Gasteiger partial charge in [0.05, 0.1) is 12.1 Å². The average molecular weight is 283 g/mol. The fourth-order valence-electron chi connectivity index (χ4n) is 1.79. The van der Waals surface area contributed by atoms with Gasteiger partial charge in [-0.25, -0.2) is 4.98 Å². The van der Waals surface area contributed by atoms with E-state index in [4.69, 9.17) is 22.1 Å². The lowest BCUT2D eigenvalue weighted by molar-refractivity contribution is 0.405. The number of ether oxygens (including phenoxy) is 1. The lowest BCUT2D eigenvalue weighted by atomic mass is 10.0. The number of aromatic nitrogens is 1. The van der Waals surface area contributed by atoms with E-state index in [1.165, 1.54) is 0 Å². The highest BCUT2D eigenvalue weighted by atomic mass is 35.5. The minimum Gasteiger partial charge on any atom is -0.496 e. The van der Waals surface area contributed by atoms with Gasteiger partial charge in [-0.05, 0) is 19.1 Å².